The van der Waals surface area contributed by atoms with Crippen molar-refractivity contribution in [3.63, 3.8) is 0 Å². The highest BCUT2D eigenvalue weighted by Gasteiger charge is 2.25. The fourth-order valence-electron chi connectivity index (χ4n) is 1.38. The van der Waals surface area contributed by atoms with Gasteiger partial charge in [0.05, 0.1) is 11.8 Å². The van der Waals surface area contributed by atoms with Crippen molar-refractivity contribution >= 4 is 16.5 Å². The van der Waals surface area contributed by atoms with Crippen molar-refractivity contribution in [1.82, 2.24) is 4.98 Å². The van der Waals surface area contributed by atoms with Crippen LogP contribution in [0.15, 0.2) is 5.38 Å². The summed E-state index contributed by atoms with van der Waals surface area (Å²) in [5.41, 5.74) is 0.971. The second kappa shape index (κ2) is 4.72. The number of aromatic nitrogens is 1. The van der Waals surface area contributed by atoms with Crippen LogP contribution < -0.4 is 4.90 Å². The zero-order chi connectivity index (χ0) is 12.5. The Kier molecular flexibility index (Phi) is 3.97. The van der Waals surface area contributed by atoms with Crippen molar-refractivity contribution < 1.29 is 5.11 Å². The van der Waals surface area contributed by atoms with Crippen LogP contribution in [0.4, 0.5) is 5.13 Å². The molecule has 0 aromatic carbocycles. The highest BCUT2D eigenvalue weighted by molar-refractivity contribution is 7.13. The van der Waals surface area contributed by atoms with E-state index in [4.69, 9.17) is 0 Å². The summed E-state index contributed by atoms with van der Waals surface area (Å²) in [6.45, 7) is 10.6. The third-order valence-corrected chi connectivity index (χ3v) is 4.02. The van der Waals surface area contributed by atoms with E-state index in [0.29, 0.717) is 6.04 Å². The first kappa shape index (κ1) is 13.5. The molecule has 2 atom stereocenters. The SMILES string of the molecule is CC(O)c1csc(N(C)C(C)C(C)(C)C)n1. The van der Waals surface area contributed by atoms with Crippen LogP contribution in [0.3, 0.4) is 0 Å². The van der Waals surface area contributed by atoms with Crippen LogP contribution >= 0.6 is 11.3 Å². The molecular weight excluding hydrogens is 220 g/mol. The normalized spacial score (nSPS) is 15.9. The Hall–Kier alpha value is -0.610. The lowest BCUT2D eigenvalue weighted by Gasteiger charge is -2.35. The summed E-state index contributed by atoms with van der Waals surface area (Å²) in [6.07, 6.45) is -0.483. The molecule has 0 fully saturated rings. The topological polar surface area (TPSA) is 36.4 Å². The maximum atomic E-state index is 9.44. The van der Waals surface area contributed by atoms with Gasteiger partial charge >= 0.3 is 0 Å². The molecule has 0 aliphatic carbocycles. The fraction of sp³-hybridized carbons (Fsp3) is 0.750. The summed E-state index contributed by atoms with van der Waals surface area (Å²) in [5.74, 6) is 0. The van der Waals surface area contributed by atoms with Crippen molar-refractivity contribution in [1.29, 1.82) is 0 Å². The largest absolute Gasteiger partial charge is 0.387 e. The number of nitrogens with zero attached hydrogens (tertiary/aromatic N) is 2. The van der Waals surface area contributed by atoms with Gasteiger partial charge in [-0.15, -0.1) is 11.3 Å². The van der Waals surface area contributed by atoms with Crippen molar-refractivity contribution in [2.75, 3.05) is 11.9 Å². The van der Waals surface area contributed by atoms with Crippen molar-refractivity contribution in [2.24, 2.45) is 5.41 Å². The molecule has 1 rings (SSSR count). The number of aliphatic hydroxyl groups excluding tert-OH is 1. The lowest BCUT2D eigenvalue weighted by atomic mass is 9.87. The molecule has 0 spiro atoms. The Balaban J connectivity index is 2.84. The summed E-state index contributed by atoms with van der Waals surface area (Å²) in [4.78, 5) is 6.62. The predicted molar refractivity (Wildman–Crippen MR) is 70.1 cm³/mol. The van der Waals surface area contributed by atoms with Gasteiger partial charge in [0, 0.05) is 18.5 Å². The van der Waals surface area contributed by atoms with E-state index in [1.807, 2.05) is 5.38 Å². The maximum Gasteiger partial charge on any atom is 0.185 e. The Morgan fingerprint density at radius 2 is 1.94 bits per heavy atom. The molecule has 0 saturated heterocycles. The smallest absolute Gasteiger partial charge is 0.185 e. The molecule has 1 aromatic rings. The monoisotopic (exact) mass is 242 g/mol. The second-order valence-corrected chi connectivity index (χ2v) is 6.22. The first-order valence-electron chi connectivity index (χ1n) is 5.59. The van der Waals surface area contributed by atoms with Gasteiger partial charge in [-0.1, -0.05) is 20.8 Å². The van der Waals surface area contributed by atoms with Crippen LogP contribution in [0.1, 0.15) is 46.4 Å². The molecule has 1 heterocycles. The first-order chi connectivity index (χ1) is 7.23. The van der Waals surface area contributed by atoms with Crippen molar-refractivity contribution in [3.05, 3.63) is 11.1 Å². The summed E-state index contributed by atoms with van der Waals surface area (Å²) >= 11 is 1.59. The number of thiazole rings is 1. The average Bonchev–Trinajstić information content (AvgIpc) is 2.62. The van der Waals surface area contributed by atoms with Crippen LogP contribution in [-0.2, 0) is 0 Å². The standard InChI is InChI=1S/C12H22N2OS/c1-8(15)10-7-16-11(13-10)14(6)9(2)12(3,4)5/h7-9,15H,1-6H3. The maximum absolute atomic E-state index is 9.44. The van der Waals surface area contributed by atoms with E-state index < -0.39 is 6.10 Å². The molecule has 2 unspecified atom stereocenters. The Bertz CT molecular complexity index is 341. The Morgan fingerprint density at radius 3 is 2.31 bits per heavy atom. The third-order valence-electron chi connectivity index (χ3n) is 3.07. The molecule has 0 radical (unpaired) electrons. The first-order valence-corrected chi connectivity index (χ1v) is 6.47. The van der Waals surface area contributed by atoms with Gasteiger partial charge in [0.15, 0.2) is 5.13 Å². The molecule has 0 amide bonds. The van der Waals surface area contributed by atoms with E-state index in [1.165, 1.54) is 0 Å². The van der Waals surface area contributed by atoms with Gasteiger partial charge in [-0.3, -0.25) is 0 Å². The summed E-state index contributed by atoms with van der Waals surface area (Å²) in [5, 5.41) is 12.3. The molecule has 0 bridgehead atoms. The van der Waals surface area contributed by atoms with Crippen LogP contribution in [0.5, 0.6) is 0 Å². The molecule has 1 N–H and O–H groups in total. The highest BCUT2D eigenvalue weighted by atomic mass is 32.1. The minimum atomic E-state index is -0.483. The second-order valence-electron chi connectivity index (χ2n) is 5.38. The molecule has 1 aromatic heterocycles. The zero-order valence-corrected chi connectivity index (χ0v) is 11.8. The zero-order valence-electron chi connectivity index (χ0n) is 11.0. The quantitative estimate of drug-likeness (QED) is 0.885. The fourth-order valence-corrected chi connectivity index (χ4v) is 2.34. The molecule has 0 saturated carbocycles. The van der Waals surface area contributed by atoms with Crippen molar-refractivity contribution in [3.8, 4) is 0 Å². The number of hydrogen-bond donors (Lipinski definition) is 1. The third kappa shape index (κ3) is 2.95. The van der Waals surface area contributed by atoms with E-state index in [9.17, 15) is 5.11 Å². The molecule has 3 nitrogen and oxygen atoms in total. The van der Waals surface area contributed by atoms with Crippen LogP contribution in [0, 0.1) is 5.41 Å². The van der Waals surface area contributed by atoms with Crippen LogP contribution in [0.2, 0.25) is 0 Å². The molecule has 0 aliphatic rings. The minimum Gasteiger partial charge on any atom is -0.387 e. The minimum absolute atomic E-state index is 0.214. The Labute approximate surface area is 102 Å². The van der Waals surface area contributed by atoms with Crippen LogP contribution in [0.25, 0.3) is 0 Å². The lowest BCUT2D eigenvalue weighted by Crippen LogP contribution is -2.39. The van der Waals surface area contributed by atoms with Gasteiger partial charge in [-0.25, -0.2) is 4.98 Å². The predicted octanol–water partition coefficient (Wildman–Crippen LogP) is 3.07. The number of aliphatic hydroxyl groups is 1. The molecule has 92 valence electrons. The van der Waals surface area contributed by atoms with E-state index in [0.717, 1.165) is 10.8 Å². The van der Waals surface area contributed by atoms with E-state index >= 15 is 0 Å². The Morgan fingerprint density at radius 1 is 1.38 bits per heavy atom. The van der Waals surface area contributed by atoms with Gasteiger partial charge < -0.3 is 10.0 Å². The average molecular weight is 242 g/mol. The molecule has 4 heteroatoms. The number of anilines is 1. The van der Waals surface area contributed by atoms with E-state index in [-0.39, 0.29) is 5.41 Å². The highest BCUT2D eigenvalue weighted by Crippen LogP contribution is 2.30. The van der Waals surface area contributed by atoms with Gasteiger partial charge in [0.1, 0.15) is 0 Å². The summed E-state index contributed by atoms with van der Waals surface area (Å²) < 4.78 is 0. The number of hydrogen-bond acceptors (Lipinski definition) is 4. The van der Waals surface area contributed by atoms with Gasteiger partial charge in [-0.05, 0) is 19.3 Å². The lowest BCUT2D eigenvalue weighted by molar-refractivity contribution is 0.195. The van der Waals surface area contributed by atoms with E-state index in [2.05, 4.69) is 44.6 Å². The van der Waals surface area contributed by atoms with E-state index in [1.54, 1.807) is 18.3 Å². The van der Waals surface area contributed by atoms with Crippen molar-refractivity contribution in [2.45, 2.75) is 46.8 Å². The molecule has 16 heavy (non-hydrogen) atoms. The van der Waals surface area contributed by atoms with Gasteiger partial charge in [0.25, 0.3) is 0 Å². The number of rotatable bonds is 3. The molecular formula is C12H22N2OS. The van der Waals surface area contributed by atoms with Gasteiger partial charge in [-0.2, -0.15) is 0 Å². The van der Waals surface area contributed by atoms with Gasteiger partial charge in [0.2, 0.25) is 0 Å². The molecule has 0 aliphatic heterocycles. The summed E-state index contributed by atoms with van der Waals surface area (Å²) in [6, 6.07) is 0.403. The summed E-state index contributed by atoms with van der Waals surface area (Å²) in [7, 11) is 2.06. The van der Waals surface area contributed by atoms with Crippen LogP contribution in [-0.4, -0.2) is 23.2 Å².